The molecule has 0 spiro atoms. The van der Waals surface area contributed by atoms with E-state index in [1.165, 1.54) is 118 Å². The molecule has 1 heteroatoms. The Morgan fingerprint density at radius 1 is 0.299 bits per heavy atom. The van der Waals surface area contributed by atoms with Gasteiger partial charge in [-0.05, 0) is 166 Å². The van der Waals surface area contributed by atoms with Gasteiger partial charge in [0.15, 0.2) is 0 Å². The molecule has 0 fully saturated rings. The van der Waals surface area contributed by atoms with Gasteiger partial charge >= 0.3 is 0 Å². The molecule has 0 bridgehead atoms. The van der Waals surface area contributed by atoms with Crippen LogP contribution in [0.4, 0.5) is 0 Å². The third-order valence-electron chi connectivity index (χ3n) is 17.8. The summed E-state index contributed by atoms with van der Waals surface area (Å²) < 4.78 is 0. The van der Waals surface area contributed by atoms with Crippen molar-refractivity contribution in [3.05, 3.63) is 212 Å². The number of carbonyl (C=O) groups excluding carboxylic acids is 1. The second kappa shape index (κ2) is 23.6. The minimum absolute atomic E-state index is 0.00434. The maximum atomic E-state index is 12.2. The lowest BCUT2D eigenvalue weighted by atomic mass is 9.70. The highest BCUT2D eigenvalue weighted by molar-refractivity contribution is 5.87. The van der Waals surface area contributed by atoms with Crippen molar-refractivity contribution in [1.29, 1.82) is 0 Å². The molecule has 1 nitrogen and oxygen atoms in total. The third-order valence-corrected chi connectivity index (χ3v) is 17.8. The Morgan fingerprint density at radius 3 is 0.896 bits per heavy atom. The molecule has 3 aliphatic carbocycles. The minimum atomic E-state index is -0.149. The molecule has 0 radical (unpaired) electrons. The summed E-state index contributed by atoms with van der Waals surface area (Å²) in [5, 5.41) is 0. The Balaban J connectivity index is 1.07. The fourth-order valence-corrected chi connectivity index (χ4v) is 13.9. The summed E-state index contributed by atoms with van der Waals surface area (Å²) in [6.07, 6.45) is 21.7. The Kier molecular flexibility index (Phi) is 16.4. The molecule has 0 saturated heterocycles. The zero-order chi connectivity index (χ0) is 53.4. The van der Waals surface area contributed by atoms with Crippen molar-refractivity contribution in [3.63, 3.8) is 0 Å². The quantitative estimate of drug-likeness (QED) is 0.0583. The molecule has 10 rings (SSSR count). The number of rotatable bonds is 19. The third kappa shape index (κ3) is 10.2. The van der Waals surface area contributed by atoms with E-state index in [1.807, 2.05) is 6.07 Å². The standard InChI is InChI=1S/C76H78O/c1-7-13-41-74(42-14-8-2)68-25-21-19-23-62(68)64-37-33-55(50-70(64)74)27-30-58-47-59(31-28-56-34-38-65-63-24-20-22-26-69(63)75(43-15-9-3,44-16-10-4)71(65)51-56)49-60(48-58)32-29-57-35-39-66-67-40-36-61(54-77)53-73(67)76(45-17-11-5,46-18-12-6)72(66)52-57/h19-26,33-40,47-54H,7-18,41-46H2,1-6H3. The summed E-state index contributed by atoms with van der Waals surface area (Å²) in [7, 11) is 0. The van der Waals surface area contributed by atoms with Gasteiger partial charge in [0.25, 0.3) is 0 Å². The maximum Gasteiger partial charge on any atom is 0.150 e. The van der Waals surface area contributed by atoms with E-state index in [0.717, 1.165) is 109 Å². The first kappa shape index (κ1) is 53.3. The van der Waals surface area contributed by atoms with Crippen LogP contribution in [0.2, 0.25) is 0 Å². The van der Waals surface area contributed by atoms with Crippen LogP contribution in [-0.2, 0) is 16.2 Å². The highest BCUT2D eigenvalue weighted by Gasteiger charge is 2.45. The lowest BCUT2D eigenvalue weighted by Gasteiger charge is -2.33. The first-order valence-electron chi connectivity index (χ1n) is 29.7. The van der Waals surface area contributed by atoms with Crippen LogP contribution < -0.4 is 0 Å². The molecule has 7 aromatic rings. The van der Waals surface area contributed by atoms with Crippen molar-refractivity contribution in [1.82, 2.24) is 0 Å². The smallest absolute Gasteiger partial charge is 0.150 e. The van der Waals surface area contributed by atoms with E-state index >= 15 is 0 Å². The van der Waals surface area contributed by atoms with Crippen molar-refractivity contribution >= 4 is 6.29 Å². The fraction of sp³-hybridized carbons (Fsp3) is 0.355. The maximum absolute atomic E-state index is 12.2. The van der Waals surface area contributed by atoms with Gasteiger partial charge in [0.05, 0.1) is 0 Å². The summed E-state index contributed by atoms with van der Waals surface area (Å²) in [5.41, 5.74) is 23.0. The number of hydrogen-bond donors (Lipinski definition) is 0. The number of unbranched alkanes of at least 4 members (excludes halogenated alkanes) is 6. The van der Waals surface area contributed by atoms with Crippen molar-refractivity contribution in [2.45, 2.75) is 173 Å². The van der Waals surface area contributed by atoms with Gasteiger partial charge in [0.1, 0.15) is 6.29 Å². The molecule has 0 aromatic heterocycles. The summed E-state index contributed by atoms with van der Waals surface area (Å²) in [6.45, 7) is 13.8. The van der Waals surface area contributed by atoms with Crippen LogP contribution in [0.1, 0.15) is 234 Å². The van der Waals surface area contributed by atoms with Crippen molar-refractivity contribution < 1.29 is 4.79 Å². The van der Waals surface area contributed by atoms with Gasteiger partial charge in [-0.1, -0.05) is 233 Å². The lowest BCUT2D eigenvalue weighted by molar-refractivity contribution is 0.112. The van der Waals surface area contributed by atoms with Crippen molar-refractivity contribution in [2.75, 3.05) is 0 Å². The SMILES string of the molecule is CCCCC1(CCCC)c2ccccc2-c2ccc(C#Cc3cc(C#Cc4ccc5c(c4)C(CCCC)(CCCC)c4ccccc4-5)cc(C#Cc4ccc5c(c4)C(CCCC)(CCCC)c4cc(C=O)ccc4-5)c3)cc21. The molecule has 0 aliphatic heterocycles. The molecule has 0 saturated carbocycles. The van der Waals surface area contributed by atoms with Crippen LogP contribution in [0.5, 0.6) is 0 Å². The molecule has 0 amide bonds. The zero-order valence-corrected chi connectivity index (χ0v) is 47.0. The Labute approximate surface area is 462 Å². The number of fused-ring (bicyclic) bond motifs is 9. The van der Waals surface area contributed by atoms with Crippen molar-refractivity contribution in [3.8, 4) is 68.9 Å². The average molecular weight is 1010 g/mol. The van der Waals surface area contributed by atoms with E-state index in [1.54, 1.807) is 0 Å². The molecule has 7 aromatic carbocycles. The van der Waals surface area contributed by atoms with E-state index in [9.17, 15) is 4.79 Å². The van der Waals surface area contributed by atoms with Crippen LogP contribution in [0, 0.1) is 35.5 Å². The number of aldehydes is 1. The van der Waals surface area contributed by atoms with Crippen LogP contribution in [0.3, 0.4) is 0 Å². The molecular formula is C76H78O. The van der Waals surface area contributed by atoms with Crippen LogP contribution in [0.15, 0.2) is 140 Å². The Bertz CT molecular complexity index is 3330. The average Bonchev–Trinajstić information content (AvgIpc) is 4.15. The van der Waals surface area contributed by atoms with Gasteiger partial charge < -0.3 is 0 Å². The van der Waals surface area contributed by atoms with Crippen LogP contribution in [-0.4, -0.2) is 6.29 Å². The molecular weight excluding hydrogens is 929 g/mol. The fourth-order valence-electron chi connectivity index (χ4n) is 13.9. The van der Waals surface area contributed by atoms with E-state index < -0.39 is 0 Å². The molecule has 77 heavy (non-hydrogen) atoms. The van der Waals surface area contributed by atoms with Crippen LogP contribution >= 0.6 is 0 Å². The second-order valence-electron chi connectivity index (χ2n) is 22.7. The largest absolute Gasteiger partial charge is 0.298 e. The Hall–Kier alpha value is -7.11. The summed E-state index contributed by atoms with van der Waals surface area (Å²) in [6, 6.07) is 51.8. The summed E-state index contributed by atoms with van der Waals surface area (Å²) in [5.74, 6) is 21.9. The van der Waals surface area contributed by atoms with Gasteiger partial charge in [-0.15, -0.1) is 0 Å². The van der Waals surface area contributed by atoms with E-state index in [-0.39, 0.29) is 16.2 Å². The number of hydrogen-bond acceptors (Lipinski definition) is 1. The summed E-state index contributed by atoms with van der Waals surface area (Å²) >= 11 is 0. The highest BCUT2D eigenvalue weighted by Crippen LogP contribution is 2.57. The van der Waals surface area contributed by atoms with Gasteiger partial charge in [0.2, 0.25) is 0 Å². The minimum Gasteiger partial charge on any atom is -0.298 e. The highest BCUT2D eigenvalue weighted by atomic mass is 16.1. The van der Waals surface area contributed by atoms with E-state index in [0.29, 0.717) is 0 Å². The molecule has 388 valence electrons. The lowest BCUT2D eigenvalue weighted by Crippen LogP contribution is -2.25. The van der Waals surface area contributed by atoms with Gasteiger partial charge in [-0.2, -0.15) is 0 Å². The zero-order valence-electron chi connectivity index (χ0n) is 47.0. The predicted octanol–water partition coefficient (Wildman–Crippen LogP) is 19.6. The number of benzene rings is 7. The number of carbonyl (C=O) groups is 1. The van der Waals surface area contributed by atoms with Gasteiger partial charge in [-0.3, -0.25) is 4.79 Å². The molecule has 0 atom stereocenters. The monoisotopic (exact) mass is 1010 g/mol. The van der Waals surface area contributed by atoms with E-state index in [2.05, 4.69) is 211 Å². The summed E-state index contributed by atoms with van der Waals surface area (Å²) in [4.78, 5) is 12.2. The van der Waals surface area contributed by atoms with Gasteiger partial charge in [-0.25, -0.2) is 0 Å². The molecule has 0 heterocycles. The van der Waals surface area contributed by atoms with Crippen molar-refractivity contribution in [2.24, 2.45) is 0 Å². The normalized spacial score (nSPS) is 14.1. The predicted molar refractivity (Wildman–Crippen MR) is 325 cm³/mol. The van der Waals surface area contributed by atoms with E-state index in [4.69, 9.17) is 0 Å². The first-order chi connectivity index (χ1) is 37.8. The first-order valence-corrected chi connectivity index (χ1v) is 29.7. The molecule has 0 unspecified atom stereocenters. The molecule has 3 aliphatic rings. The Morgan fingerprint density at radius 2 is 0.571 bits per heavy atom. The molecule has 0 N–H and O–H groups in total. The van der Waals surface area contributed by atoms with Gasteiger partial charge in [0, 0.05) is 55.2 Å². The van der Waals surface area contributed by atoms with Crippen LogP contribution in [0.25, 0.3) is 33.4 Å². The second-order valence-corrected chi connectivity index (χ2v) is 22.7. The topological polar surface area (TPSA) is 17.1 Å².